The largest absolute Gasteiger partial charge is 0.473 e. The zero-order valence-corrected chi connectivity index (χ0v) is 21.8. The number of hydrogen-bond acceptors (Lipinski definition) is 9. The molecule has 202 valence electrons. The van der Waals surface area contributed by atoms with Gasteiger partial charge in [0.2, 0.25) is 6.10 Å². The van der Waals surface area contributed by atoms with Crippen molar-refractivity contribution in [3.8, 4) is 5.75 Å². The summed E-state index contributed by atoms with van der Waals surface area (Å²) in [7, 11) is -3.62. The molecule has 2 aliphatic heterocycles. The van der Waals surface area contributed by atoms with Gasteiger partial charge in [-0.25, -0.2) is 22.2 Å². The number of ether oxygens (including phenoxy) is 3. The quantitative estimate of drug-likeness (QED) is 0.442. The average molecular weight is 566 g/mol. The van der Waals surface area contributed by atoms with E-state index in [-0.39, 0.29) is 22.8 Å². The van der Waals surface area contributed by atoms with Gasteiger partial charge in [0.05, 0.1) is 36.2 Å². The highest BCUT2D eigenvalue weighted by Gasteiger charge is 2.32. The second-order valence-corrected chi connectivity index (χ2v) is 12.0. The van der Waals surface area contributed by atoms with Crippen LogP contribution in [0.15, 0.2) is 53.6 Å². The van der Waals surface area contributed by atoms with E-state index >= 15 is 0 Å². The van der Waals surface area contributed by atoms with Crippen LogP contribution in [0, 0.1) is 11.6 Å². The zero-order chi connectivity index (χ0) is 26.7. The number of thiazole rings is 1. The van der Waals surface area contributed by atoms with Crippen LogP contribution in [0.25, 0.3) is 0 Å². The van der Waals surface area contributed by atoms with E-state index in [1.807, 2.05) is 0 Å². The third kappa shape index (κ3) is 5.80. The minimum Gasteiger partial charge on any atom is -0.473 e. The second-order valence-electron chi connectivity index (χ2n) is 8.76. The summed E-state index contributed by atoms with van der Waals surface area (Å²) in [5.74, 6) is -2.76. The average Bonchev–Trinajstić information content (AvgIpc) is 3.62. The van der Waals surface area contributed by atoms with Gasteiger partial charge in [-0.2, -0.15) is 0 Å². The molecule has 2 atom stereocenters. The first-order chi connectivity index (χ1) is 18.3. The molecule has 3 aromatic rings. The van der Waals surface area contributed by atoms with E-state index in [2.05, 4.69) is 15.2 Å². The van der Waals surface area contributed by atoms with Crippen molar-refractivity contribution in [2.24, 2.45) is 0 Å². The highest BCUT2D eigenvalue weighted by atomic mass is 32.2. The fourth-order valence-electron chi connectivity index (χ4n) is 4.18. The number of halogens is 2. The number of nitrogens with one attached hydrogen (secondary N) is 1. The predicted octanol–water partition coefficient (Wildman–Crippen LogP) is 3.58. The lowest BCUT2D eigenvalue weighted by Crippen LogP contribution is -2.35. The molecule has 0 saturated carbocycles. The summed E-state index contributed by atoms with van der Waals surface area (Å²) in [4.78, 5) is 19.8. The Bertz CT molecular complexity index is 1390. The molecule has 2 unspecified atom stereocenters. The zero-order valence-electron chi connectivity index (χ0n) is 20.1. The Morgan fingerprint density at radius 1 is 1.11 bits per heavy atom. The molecule has 2 saturated heterocycles. The molecule has 2 fully saturated rings. The minimum atomic E-state index is -3.62. The number of rotatable bonds is 8. The van der Waals surface area contributed by atoms with Gasteiger partial charge in [0, 0.05) is 31.3 Å². The molecule has 5 rings (SSSR count). The van der Waals surface area contributed by atoms with Crippen molar-refractivity contribution in [1.82, 2.24) is 4.98 Å². The molecule has 0 spiro atoms. The summed E-state index contributed by atoms with van der Waals surface area (Å²) in [5, 5.41) is 3.23. The molecule has 2 aromatic carbocycles. The Labute approximate surface area is 222 Å². The second kappa shape index (κ2) is 11.3. The Hall–Kier alpha value is -3.13. The van der Waals surface area contributed by atoms with Crippen molar-refractivity contribution in [3.05, 3.63) is 65.9 Å². The number of anilines is 2. The molecule has 0 radical (unpaired) electrons. The lowest BCUT2D eigenvalue weighted by atomic mass is 10.1. The Morgan fingerprint density at radius 3 is 2.55 bits per heavy atom. The van der Waals surface area contributed by atoms with Crippen molar-refractivity contribution in [3.63, 3.8) is 0 Å². The number of benzene rings is 2. The molecule has 13 heteroatoms. The van der Waals surface area contributed by atoms with Crippen molar-refractivity contribution in [2.75, 3.05) is 49.7 Å². The standard InChI is InChI=1S/C25H25F2N3O6S2/c26-17-3-6-21(20(27)13-17)36-23(16-1-4-18(5-2-16)38(32,33)19-7-10-35-15-19)24(31)29-25-28-14-22(37-25)30-8-11-34-12-9-30/h1-6,13-14,19,23H,7-12,15H2,(H,28,29,31). The first-order valence-electron chi connectivity index (χ1n) is 11.9. The van der Waals surface area contributed by atoms with Crippen LogP contribution in [0.4, 0.5) is 18.9 Å². The molecule has 2 aliphatic rings. The van der Waals surface area contributed by atoms with Crippen molar-refractivity contribution >= 4 is 37.2 Å². The monoisotopic (exact) mass is 565 g/mol. The molecule has 0 bridgehead atoms. The maximum atomic E-state index is 14.4. The lowest BCUT2D eigenvalue weighted by molar-refractivity contribution is -0.123. The Balaban J connectivity index is 1.39. The number of carbonyl (C=O) groups excluding carboxylic acids is 1. The molecular weight excluding hydrogens is 540 g/mol. The van der Waals surface area contributed by atoms with E-state index in [0.29, 0.717) is 50.5 Å². The smallest absolute Gasteiger partial charge is 0.271 e. The molecular formula is C25H25F2N3O6S2. The SMILES string of the molecule is O=C(Nc1ncc(N2CCOCC2)s1)C(Oc1ccc(F)cc1F)c1ccc(S(=O)(=O)C2CCOC2)cc1. The first kappa shape index (κ1) is 26.5. The van der Waals surface area contributed by atoms with E-state index in [1.165, 1.54) is 35.6 Å². The van der Waals surface area contributed by atoms with Crippen LogP contribution < -0.4 is 15.0 Å². The van der Waals surface area contributed by atoms with E-state index in [4.69, 9.17) is 14.2 Å². The van der Waals surface area contributed by atoms with Crippen LogP contribution >= 0.6 is 11.3 Å². The number of amides is 1. The van der Waals surface area contributed by atoms with Crippen molar-refractivity contribution in [2.45, 2.75) is 22.7 Å². The van der Waals surface area contributed by atoms with Gasteiger partial charge in [-0.1, -0.05) is 23.5 Å². The highest BCUT2D eigenvalue weighted by Crippen LogP contribution is 2.31. The number of morpholine rings is 1. The Morgan fingerprint density at radius 2 is 1.87 bits per heavy atom. The van der Waals surface area contributed by atoms with Crippen LogP contribution in [0.2, 0.25) is 0 Å². The predicted molar refractivity (Wildman–Crippen MR) is 136 cm³/mol. The van der Waals surface area contributed by atoms with E-state index in [1.54, 1.807) is 6.20 Å². The fraction of sp³-hybridized carbons (Fsp3) is 0.360. The Kier molecular flexibility index (Phi) is 7.88. The van der Waals surface area contributed by atoms with Gasteiger partial charge >= 0.3 is 0 Å². The maximum absolute atomic E-state index is 14.4. The molecule has 9 nitrogen and oxygen atoms in total. The normalized spacial score (nSPS) is 18.8. The number of hydrogen-bond donors (Lipinski definition) is 1. The lowest BCUT2D eigenvalue weighted by Gasteiger charge is -2.26. The summed E-state index contributed by atoms with van der Waals surface area (Å²) in [5.41, 5.74) is 0.276. The summed E-state index contributed by atoms with van der Waals surface area (Å²) >= 11 is 1.27. The number of aromatic nitrogens is 1. The number of nitrogens with zero attached hydrogens (tertiary/aromatic N) is 2. The van der Waals surface area contributed by atoms with Gasteiger partial charge in [0.15, 0.2) is 26.5 Å². The molecule has 0 aliphatic carbocycles. The summed E-state index contributed by atoms with van der Waals surface area (Å²) in [6, 6.07) is 8.40. The molecule has 1 N–H and O–H groups in total. The van der Waals surface area contributed by atoms with Crippen LogP contribution in [0.3, 0.4) is 0 Å². The summed E-state index contributed by atoms with van der Waals surface area (Å²) < 4.78 is 69.9. The minimum absolute atomic E-state index is 0.0824. The van der Waals surface area contributed by atoms with Crippen LogP contribution in [0.5, 0.6) is 5.75 Å². The number of sulfone groups is 1. The fourth-order valence-corrected chi connectivity index (χ4v) is 6.63. The summed E-state index contributed by atoms with van der Waals surface area (Å²) in [6.45, 7) is 3.10. The van der Waals surface area contributed by atoms with Gasteiger partial charge in [-0.05, 0) is 30.7 Å². The third-order valence-corrected chi connectivity index (χ3v) is 9.41. The topological polar surface area (TPSA) is 107 Å². The van der Waals surface area contributed by atoms with E-state index < -0.39 is 38.7 Å². The third-order valence-electron chi connectivity index (χ3n) is 6.26. The molecule has 1 amide bonds. The van der Waals surface area contributed by atoms with Crippen LogP contribution in [-0.4, -0.2) is 64.1 Å². The van der Waals surface area contributed by atoms with Crippen LogP contribution in [-0.2, 0) is 24.1 Å². The molecule has 1 aromatic heterocycles. The number of carbonyl (C=O) groups is 1. The van der Waals surface area contributed by atoms with Crippen molar-refractivity contribution in [1.29, 1.82) is 0 Å². The van der Waals surface area contributed by atoms with Gasteiger partial charge in [0.25, 0.3) is 5.91 Å². The highest BCUT2D eigenvalue weighted by molar-refractivity contribution is 7.92. The van der Waals surface area contributed by atoms with Gasteiger partial charge in [-0.15, -0.1) is 0 Å². The van der Waals surface area contributed by atoms with Gasteiger partial charge in [-0.3, -0.25) is 10.1 Å². The maximum Gasteiger partial charge on any atom is 0.271 e. The van der Waals surface area contributed by atoms with Crippen molar-refractivity contribution < 1.29 is 36.2 Å². The first-order valence-corrected chi connectivity index (χ1v) is 14.3. The van der Waals surface area contributed by atoms with E-state index in [9.17, 15) is 22.0 Å². The molecule has 38 heavy (non-hydrogen) atoms. The van der Waals surface area contributed by atoms with Crippen LogP contribution in [0.1, 0.15) is 18.1 Å². The summed E-state index contributed by atoms with van der Waals surface area (Å²) in [6.07, 6.45) is 0.674. The van der Waals surface area contributed by atoms with Gasteiger partial charge in [0.1, 0.15) is 10.8 Å². The van der Waals surface area contributed by atoms with Gasteiger partial charge < -0.3 is 19.1 Å². The molecule has 3 heterocycles. The van der Waals surface area contributed by atoms with E-state index in [0.717, 1.165) is 17.1 Å².